The fourth-order valence-corrected chi connectivity index (χ4v) is 2.09. The summed E-state index contributed by atoms with van der Waals surface area (Å²) >= 11 is 0. The Morgan fingerprint density at radius 3 is 2.65 bits per heavy atom. The molecule has 1 aromatic carbocycles. The second-order valence-electron chi connectivity index (χ2n) is 4.90. The molecule has 2 aromatic rings. The molecule has 106 valence electrons. The maximum atomic E-state index is 9.88. The summed E-state index contributed by atoms with van der Waals surface area (Å²) in [5.74, 6) is 0.281. The number of rotatable bonds is 4. The fourth-order valence-electron chi connectivity index (χ4n) is 2.09. The molecule has 0 aliphatic carbocycles. The molecule has 0 radical (unpaired) electrons. The maximum absolute atomic E-state index is 9.88. The van der Waals surface area contributed by atoms with E-state index in [0.29, 0.717) is 5.56 Å². The third-order valence-electron chi connectivity index (χ3n) is 3.13. The summed E-state index contributed by atoms with van der Waals surface area (Å²) in [7, 11) is 3.91. The van der Waals surface area contributed by atoms with Gasteiger partial charge in [0.15, 0.2) is 0 Å². The monoisotopic (exact) mass is 273 g/mol. The van der Waals surface area contributed by atoms with Crippen LogP contribution in [0.1, 0.15) is 18.5 Å². The first kappa shape index (κ1) is 14.0. The number of benzene rings is 1. The van der Waals surface area contributed by atoms with Gasteiger partial charge in [-0.3, -0.25) is 4.98 Å². The number of anilines is 2. The van der Waals surface area contributed by atoms with Crippen LogP contribution in [-0.2, 0) is 0 Å². The number of hydrogen-bond acceptors (Lipinski definition) is 5. The molecule has 5 heteroatoms. The minimum Gasteiger partial charge on any atom is -0.508 e. The van der Waals surface area contributed by atoms with Crippen LogP contribution in [0, 0.1) is 0 Å². The van der Waals surface area contributed by atoms with Crippen LogP contribution >= 0.6 is 0 Å². The first-order chi connectivity index (χ1) is 9.49. The highest BCUT2D eigenvalue weighted by Gasteiger charge is 2.13. The molecule has 0 bridgehead atoms. The number of hydrogen-bond donors (Lipinski definition) is 3. The van der Waals surface area contributed by atoms with Crippen molar-refractivity contribution >= 4 is 11.4 Å². The summed E-state index contributed by atoms with van der Waals surface area (Å²) in [5.41, 5.74) is 2.51. The van der Waals surface area contributed by atoms with E-state index in [-0.39, 0.29) is 17.5 Å². The number of nitrogens with zero attached hydrogens (tertiary/aromatic N) is 2. The van der Waals surface area contributed by atoms with Gasteiger partial charge in [-0.25, -0.2) is 0 Å². The summed E-state index contributed by atoms with van der Waals surface area (Å²) in [6.45, 7) is 1.92. The van der Waals surface area contributed by atoms with E-state index in [1.807, 2.05) is 32.0 Å². The molecule has 1 atom stereocenters. The average molecular weight is 273 g/mol. The summed E-state index contributed by atoms with van der Waals surface area (Å²) in [5, 5.41) is 22.7. The zero-order valence-corrected chi connectivity index (χ0v) is 11.8. The first-order valence-corrected chi connectivity index (χ1v) is 6.39. The van der Waals surface area contributed by atoms with E-state index in [0.717, 1.165) is 11.4 Å². The molecule has 0 aliphatic rings. The van der Waals surface area contributed by atoms with Crippen LogP contribution in [0.5, 0.6) is 11.5 Å². The van der Waals surface area contributed by atoms with Crippen LogP contribution in [-0.4, -0.2) is 29.3 Å². The SMILES string of the molecule is CC(Nc1cnccc1N(C)C)c1cc(O)ccc1O. The summed E-state index contributed by atoms with van der Waals surface area (Å²) in [6, 6.07) is 6.25. The van der Waals surface area contributed by atoms with Crippen molar-refractivity contribution in [3.63, 3.8) is 0 Å². The van der Waals surface area contributed by atoms with Crippen LogP contribution < -0.4 is 10.2 Å². The molecule has 1 unspecified atom stereocenters. The summed E-state index contributed by atoms with van der Waals surface area (Å²) < 4.78 is 0. The lowest BCUT2D eigenvalue weighted by molar-refractivity contribution is 0.451. The third kappa shape index (κ3) is 2.93. The van der Waals surface area contributed by atoms with Crippen LogP contribution in [0.25, 0.3) is 0 Å². The Hall–Kier alpha value is -2.43. The van der Waals surface area contributed by atoms with Gasteiger partial charge in [0.1, 0.15) is 11.5 Å². The molecular formula is C15H19N3O2. The molecule has 0 saturated carbocycles. The van der Waals surface area contributed by atoms with Gasteiger partial charge in [0.25, 0.3) is 0 Å². The maximum Gasteiger partial charge on any atom is 0.121 e. The van der Waals surface area contributed by atoms with E-state index in [2.05, 4.69) is 10.3 Å². The van der Waals surface area contributed by atoms with Crippen molar-refractivity contribution in [2.24, 2.45) is 0 Å². The smallest absolute Gasteiger partial charge is 0.121 e. The standard InChI is InChI=1S/C15H19N3O2/c1-10(12-8-11(19)4-5-15(12)20)17-13-9-16-7-6-14(13)18(2)3/h4-10,17,19-20H,1-3H3. The molecule has 3 N–H and O–H groups in total. The highest BCUT2D eigenvalue weighted by atomic mass is 16.3. The molecule has 5 nitrogen and oxygen atoms in total. The third-order valence-corrected chi connectivity index (χ3v) is 3.13. The Labute approximate surface area is 118 Å². The van der Waals surface area contributed by atoms with Crippen LogP contribution in [0.3, 0.4) is 0 Å². The van der Waals surface area contributed by atoms with Gasteiger partial charge in [-0.1, -0.05) is 0 Å². The second kappa shape index (κ2) is 5.69. The highest BCUT2D eigenvalue weighted by molar-refractivity contribution is 5.68. The van der Waals surface area contributed by atoms with Gasteiger partial charge in [-0.2, -0.15) is 0 Å². The molecule has 0 amide bonds. The number of pyridine rings is 1. The van der Waals surface area contributed by atoms with Gasteiger partial charge in [-0.05, 0) is 31.2 Å². The predicted molar refractivity (Wildman–Crippen MR) is 80.4 cm³/mol. The molecular weight excluding hydrogens is 254 g/mol. The van der Waals surface area contributed by atoms with E-state index in [1.165, 1.54) is 12.1 Å². The predicted octanol–water partition coefficient (Wildman–Crippen LogP) is 2.73. The van der Waals surface area contributed by atoms with Crippen LogP contribution in [0.4, 0.5) is 11.4 Å². The Bertz CT molecular complexity index is 599. The quantitative estimate of drug-likeness (QED) is 0.747. The number of nitrogens with one attached hydrogen (secondary N) is 1. The molecule has 0 saturated heterocycles. The summed E-state index contributed by atoms with van der Waals surface area (Å²) in [4.78, 5) is 6.10. The van der Waals surface area contributed by atoms with Gasteiger partial charge in [-0.15, -0.1) is 0 Å². The molecule has 0 spiro atoms. The second-order valence-corrected chi connectivity index (χ2v) is 4.90. The van der Waals surface area contributed by atoms with E-state index < -0.39 is 0 Å². The van der Waals surface area contributed by atoms with Gasteiger partial charge in [0.05, 0.1) is 23.6 Å². The number of phenols is 2. The van der Waals surface area contributed by atoms with Crippen molar-refractivity contribution in [3.8, 4) is 11.5 Å². The van der Waals surface area contributed by atoms with Crippen LogP contribution in [0.2, 0.25) is 0 Å². The van der Waals surface area contributed by atoms with Gasteiger partial charge >= 0.3 is 0 Å². The number of aromatic hydroxyl groups is 2. The summed E-state index contributed by atoms with van der Waals surface area (Å²) in [6.07, 6.45) is 3.47. The minimum absolute atomic E-state index is 0.130. The topological polar surface area (TPSA) is 68.6 Å². The zero-order valence-electron chi connectivity index (χ0n) is 11.8. The Morgan fingerprint density at radius 1 is 1.20 bits per heavy atom. The molecule has 2 rings (SSSR count). The minimum atomic E-state index is -0.162. The number of aromatic nitrogens is 1. The molecule has 1 aromatic heterocycles. The highest BCUT2D eigenvalue weighted by Crippen LogP contribution is 2.32. The molecule has 20 heavy (non-hydrogen) atoms. The van der Waals surface area contributed by atoms with Gasteiger partial charge < -0.3 is 20.4 Å². The van der Waals surface area contributed by atoms with Crippen molar-refractivity contribution in [1.29, 1.82) is 0 Å². The Balaban J connectivity index is 2.28. The van der Waals surface area contributed by atoms with E-state index in [1.54, 1.807) is 18.5 Å². The molecule has 1 heterocycles. The largest absolute Gasteiger partial charge is 0.508 e. The van der Waals surface area contributed by atoms with E-state index in [9.17, 15) is 10.2 Å². The number of phenolic OH excluding ortho intramolecular Hbond substituents is 2. The lowest BCUT2D eigenvalue weighted by Crippen LogP contribution is -2.14. The average Bonchev–Trinajstić information content (AvgIpc) is 2.41. The lowest BCUT2D eigenvalue weighted by atomic mass is 10.1. The van der Waals surface area contributed by atoms with Crippen molar-refractivity contribution in [1.82, 2.24) is 4.98 Å². The van der Waals surface area contributed by atoms with Crippen LogP contribution in [0.15, 0.2) is 36.7 Å². The Kier molecular flexibility index (Phi) is 3.98. The van der Waals surface area contributed by atoms with E-state index in [4.69, 9.17) is 0 Å². The van der Waals surface area contributed by atoms with Crippen molar-refractivity contribution in [2.45, 2.75) is 13.0 Å². The van der Waals surface area contributed by atoms with Crippen molar-refractivity contribution in [3.05, 3.63) is 42.2 Å². The van der Waals surface area contributed by atoms with E-state index >= 15 is 0 Å². The van der Waals surface area contributed by atoms with Gasteiger partial charge in [0.2, 0.25) is 0 Å². The van der Waals surface area contributed by atoms with Gasteiger partial charge in [0, 0.05) is 25.9 Å². The molecule has 0 aliphatic heterocycles. The lowest BCUT2D eigenvalue weighted by Gasteiger charge is -2.22. The van der Waals surface area contributed by atoms with Crippen molar-refractivity contribution < 1.29 is 10.2 Å². The molecule has 0 fully saturated rings. The zero-order chi connectivity index (χ0) is 14.7. The first-order valence-electron chi connectivity index (χ1n) is 6.39. The fraction of sp³-hybridized carbons (Fsp3) is 0.267. The van der Waals surface area contributed by atoms with Crippen molar-refractivity contribution in [2.75, 3.05) is 24.3 Å². The normalized spacial score (nSPS) is 11.9. The Morgan fingerprint density at radius 2 is 1.95 bits per heavy atom.